The van der Waals surface area contributed by atoms with Gasteiger partial charge >= 0.3 is 0 Å². The lowest BCUT2D eigenvalue weighted by molar-refractivity contribution is 0.213. The third-order valence-electron chi connectivity index (χ3n) is 2.74. The maximum atomic E-state index is 13.3. The molecule has 0 radical (unpaired) electrons. The van der Waals surface area contributed by atoms with Crippen molar-refractivity contribution in [3.8, 4) is 5.75 Å². The summed E-state index contributed by atoms with van der Waals surface area (Å²) in [6.45, 7) is 0. The van der Waals surface area contributed by atoms with Crippen LogP contribution >= 0.6 is 15.9 Å². The van der Waals surface area contributed by atoms with Crippen LogP contribution in [0, 0.1) is 11.6 Å². The van der Waals surface area contributed by atoms with Crippen LogP contribution in [0.3, 0.4) is 0 Å². The van der Waals surface area contributed by atoms with Gasteiger partial charge in [-0.05, 0) is 36.4 Å². The second kappa shape index (κ2) is 5.67. The van der Waals surface area contributed by atoms with Crippen molar-refractivity contribution in [1.29, 1.82) is 0 Å². The number of halogens is 3. The van der Waals surface area contributed by atoms with E-state index in [4.69, 9.17) is 4.74 Å². The Bertz CT molecular complexity index is 602. The fraction of sp³-hybridized carbons (Fsp3) is 0.143. The number of hydrogen-bond donors (Lipinski definition) is 1. The van der Waals surface area contributed by atoms with Gasteiger partial charge in [-0.15, -0.1) is 0 Å². The van der Waals surface area contributed by atoms with E-state index in [1.54, 1.807) is 0 Å². The van der Waals surface area contributed by atoms with E-state index in [0.29, 0.717) is 15.8 Å². The van der Waals surface area contributed by atoms with Gasteiger partial charge in [-0.1, -0.05) is 15.9 Å². The van der Waals surface area contributed by atoms with Gasteiger partial charge in [-0.3, -0.25) is 0 Å². The van der Waals surface area contributed by atoms with Crippen LogP contribution in [0.15, 0.2) is 40.9 Å². The van der Waals surface area contributed by atoms with Gasteiger partial charge in [-0.2, -0.15) is 0 Å². The standard InChI is InChI=1S/C14H11BrF2O2/c1-19-13-5-3-9(17)7-11(13)14(18)10-6-8(16)2-4-12(10)15/h2-7,14,18H,1H3. The van der Waals surface area contributed by atoms with Crippen LogP contribution in [-0.4, -0.2) is 12.2 Å². The maximum absolute atomic E-state index is 13.3. The fourth-order valence-corrected chi connectivity index (χ4v) is 2.27. The van der Waals surface area contributed by atoms with Crippen molar-refractivity contribution in [3.05, 3.63) is 63.6 Å². The summed E-state index contributed by atoms with van der Waals surface area (Å²) in [4.78, 5) is 0. The molecule has 19 heavy (non-hydrogen) atoms. The second-order valence-electron chi connectivity index (χ2n) is 3.95. The van der Waals surface area contributed by atoms with E-state index >= 15 is 0 Å². The van der Waals surface area contributed by atoms with Crippen molar-refractivity contribution in [2.75, 3.05) is 7.11 Å². The first-order valence-electron chi connectivity index (χ1n) is 5.49. The van der Waals surface area contributed by atoms with Gasteiger partial charge in [0, 0.05) is 15.6 Å². The lowest BCUT2D eigenvalue weighted by Crippen LogP contribution is -2.04. The van der Waals surface area contributed by atoms with Crippen LogP contribution in [-0.2, 0) is 0 Å². The summed E-state index contributed by atoms with van der Waals surface area (Å²) < 4.78 is 32.1. The molecule has 0 saturated carbocycles. The van der Waals surface area contributed by atoms with Crippen molar-refractivity contribution < 1.29 is 18.6 Å². The average Bonchev–Trinajstić information content (AvgIpc) is 2.40. The fourth-order valence-electron chi connectivity index (χ4n) is 1.81. The number of benzene rings is 2. The monoisotopic (exact) mass is 328 g/mol. The molecule has 0 aliphatic heterocycles. The molecule has 0 aromatic heterocycles. The summed E-state index contributed by atoms with van der Waals surface area (Å²) >= 11 is 3.23. The van der Waals surface area contributed by atoms with Crippen LogP contribution in [0.2, 0.25) is 0 Å². The number of hydrogen-bond acceptors (Lipinski definition) is 2. The average molecular weight is 329 g/mol. The summed E-state index contributed by atoms with van der Waals surface area (Å²) in [5, 5.41) is 10.3. The van der Waals surface area contributed by atoms with Crippen LogP contribution in [0.5, 0.6) is 5.75 Å². The van der Waals surface area contributed by atoms with Crippen molar-refractivity contribution in [3.63, 3.8) is 0 Å². The first kappa shape index (κ1) is 14.0. The van der Waals surface area contributed by atoms with Gasteiger partial charge in [-0.25, -0.2) is 8.78 Å². The summed E-state index contributed by atoms with van der Waals surface area (Å²) in [6, 6.07) is 7.76. The van der Waals surface area contributed by atoms with Crippen LogP contribution in [0.4, 0.5) is 8.78 Å². The van der Waals surface area contributed by atoms with E-state index in [1.807, 2.05) is 0 Å². The third kappa shape index (κ3) is 2.93. The van der Waals surface area contributed by atoms with Gasteiger partial charge in [0.1, 0.15) is 23.5 Å². The topological polar surface area (TPSA) is 29.5 Å². The molecule has 0 heterocycles. The SMILES string of the molecule is COc1ccc(F)cc1C(O)c1cc(F)ccc1Br. The molecule has 0 aliphatic rings. The zero-order valence-electron chi connectivity index (χ0n) is 10.0. The van der Waals surface area contributed by atoms with Crippen LogP contribution in [0.1, 0.15) is 17.2 Å². The molecule has 5 heteroatoms. The molecule has 0 saturated heterocycles. The smallest absolute Gasteiger partial charge is 0.125 e. The summed E-state index contributed by atoms with van der Waals surface area (Å²) in [5.41, 5.74) is 0.553. The molecular formula is C14H11BrF2O2. The van der Waals surface area contributed by atoms with Crippen molar-refractivity contribution in [1.82, 2.24) is 0 Å². The van der Waals surface area contributed by atoms with Crippen LogP contribution < -0.4 is 4.74 Å². The Kier molecular flexibility index (Phi) is 4.17. The van der Waals surface area contributed by atoms with Crippen molar-refractivity contribution in [2.45, 2.75) is 6.10 Å². The van der Waals surface area contributed by atoms with Gasteiger partial charge in [0.25, 0.3) is 0 Å². The zero-order chi connectivity index (χ0) is 14.0. The molecule has 0 aliphatic carbocycles. The Hall–Kier alpha value is -1.46. The zero-order valence-corrected chi connectivity index (χ0v) is 11.6. The molecule has 2 aromatic rings. The lowest BCUT2D eigenvalue weighted by atomic mass is 10.0. The quantitative estimate of drug-likeness (QED) is 0.928. The highest BCUT2D eigenvalue weighted by Crippen LogP contribution is 2.34. The molecule has 0 amide bonds. The Balaban J connectivity index is 2.51. The Labute approximate surface area is 117 Å². The highest BCUT2D eigenvalue weighted by Gasteiger charge is 2.19. The predicted molar refractivity (Wildman–Crippen MR) is 71.1 cm³/mol. The minimum atomic E-state index is -1.18. The highest BCUT2D eigenvalue weighted by atomic mass is 79.9. The second-order valence-corrected chi connectivity index (χ2v) is 4.81. The maximum Gasteiger partial charge on any atom is 0.125 e. The molecule has 1 N–H and O–H groups in total. The Morgan fingerprint density at radius 2 is 1.63 bits per heavy atom. The van der Waals surface area contributed by atoms with E-state index in [2.05, 4.69) is 15.9 Å². The predicted octanol–water partition coefficient (Wildman–Crippen LogP) is 3.82. The van der Waals surface area contributed by atoms with E-state index in [9.17, 15) is 13.9 Å². The minimum absolute atomic E-state index is 0.244. The molecule has 2 aromatic carbocycles. The van der Waals surface area contributed by atoms with Crippen molar-refractivity contribution >= 4 is 15.9 Å². The van der Waals surface area contributed by atoms with E-state index in [0.717, 1.165) is 0 Å². The summed E-state index contributed by atoms with van der Waals surface area (Å²) in [5.74, 6) is -0.639. The first-order valence-corrected chi connectivity index (χ1v) is 6.28. The summed E-state index contributed by atoms with van der Waals surface area (Å²) in [7, 11) is 1.42. The normalized spacial score (nSPS) is 12.3. The molecule has 1 unspecified atom stereocenters. The Morgan fingerprint density at radius 1 is 1.05 bits per heavy atom. The van der Waals surface area contributed by atoms with Gasteiger partial charge in [0.2, 0.25) is 0 Å². The van der Waals surface area contributed by atoms with E-state index < -0.39 is 17.7 Å². The molecule has 0 bridgehead atoms. The molecule has 1 atom stereocenters. The lowest BCUT2D eigenvalue weighted by Gasteiger charge is -2.16. The van der Waals surface area contributed by atoms with Crippen molar-refractivity contribution in [2.24, 2.45) is 0 Å². The van der Waals surface area contributed by atoms with Gasteiger partial charge in [0.15, 0.2) is 0 Å². The molecule has 100 valence electrons. The first-order chi connectivity index (χ1) is 9.02. The molecule has 0 fully saturated rings. The highest BCUT2D eigenvalue weighted by molar-refractivity contribution is 9.10. The van der Waals surface area contributed by atoms with Crippen LogP contribution in [0.25, 0.3) is 0 Å². The number of methoxy groups -OCH3 is 1. The van der Waals surface area contributed by atoms with Gasteiger partial charge in [0.05, 0.1) is 7.11 Å². The van der Waals surface area contributed by atoms with Gasteiger partial charge < -0.3 is 9.84 Å². The number of ether oxygens (including phenoxy) is 1. The number of aliphatic hydroxyl groups excluding tert-OH is 1. The summed E-state index contributed by atoms with van der Waals surface area (Å²) in [6.07, 6.45) is -1.18. The van der Waals surface area contributed by atoms with E-state index in [1.165, 1.54) is 43.5 Å². The largest absolute Gasteiger partial charge is 0.496 e. The molecular weight excluding hydrogens is 318 g/mol. The Morgan fingerprint density at radius 3 is 2.26 bits per heavy atom. The number of rotatable bonds is 3. The molecule has 0 spiro atoms. The third-order valence-corrected chi connectivity index (χ3v) is 3.46. The molecule has 2 rings (SSSR count). The van der Waals surface area contributed by atoms with E-state index in [-0.39, 0.29) is 5.56 Å². The minimum Gasteiger partial charge on any atom is -0.496 e. The number of aliphatic hydroxyl groups is 1. The molecule has 2 nitrogen and oxygen atoms in total.